The summed E-state index contributed by atoms with van der Waals surface area (Å²) in [5, 5.41) is 11.4. The highest BCUT2D eigenvalue weighted by atomic mass is 16.4. The van der Waals surface area contributed by atoms with Gasteiger partial charge in [-0.3, -0.25) is 9.78 Å². The third-order valence-electron chi connectivity index (χ3n) is 2.59. The molecule has 0 saturated heterocycles. The summed E-state index contributed by atoms with van der Waals surface area (Å²) in [5.74, 6) is -1.38. The molecule has 0 aliphatic heterocycles. The number of aromatic carboxylic acids is 1. The van der Waals surface area contributed by atoms with E-state index in [4.69, 9.17) is 5.11 Å². The summed E-state index contributed by atoms with van der Waals surface area (Å²) in [6.07, 6.45) is 3.69. The number of hydrogen-bond donors (Lipinski definition) is 3. The van der Waals surface area contributed by atoms with E-state index in [0.29, 0.717) is 13.0 Å². The van der Waals surface area contributed by atoms with E-state index in [9.17, 15) is 9.59 Å². The lowest BCUT2D eigenvalue weighted by Crippen LogP contribution is -2.26. The van der Waals surface area contributed by atoms with Crippen LogP contribution in [-0.4, -0.2) is 33.5 Å². The smallest absolute Gasteiger partial charge is 0.337 e. The molecule has 0 unspecified atom stereocenters. The second-order valence-electron chi connectivity index (χ2n) is 3.94. The van der Waals surface area contributed by atoms with E-state index in [0.717, 1.165) is 5.69 Å². The summed E-state index contributed by atoms with van der Waals surface area (Å²) in [6.45, 7) is 0.488. The molecule has 0 radical (unpaired) electrons. The van der Waals surface area contributed by atoms with Crippen molar-refractivity contribution >= 4 is 11.9 Å². The Bertz CT molecular complexity index is 561. The lowest BCUT2D eigenvalue weighted by atomic mass is 10.2. The molecule has 1 amide bonds. The molecule has 0 atom stereocenters. The minimum absolute atomic E-state index is 0.0583. The number of amides is 1. The quantitative estimate of drug-likeness (QED) is 0.748. The maximum atomic E-state index is 11.7. The van der Waals surface area contributed by atoms with Gasteiger partial charge in [-0.2, -0.15) is 0 Å². The number of nitrogens with zero attached hydrogens (tertiary/aromatic N) is 1. The fourth-order valence-corrected chi connectivity index (χ4v) is 1.58. The number of rotatable bonds is 5. The number of H-pyrrole nitrogens is 1. The summed E-state index contributed by atoms with van der Waals surface area (Å²) < 4.78 is 0. The number of pyridine rings is 1. The molecule has 2 heterocycles. The molecule has 0 spiro atoms. The van der Waals surface area contributed by atoms with Gasteiger partial charge in [0.1, 0.15) is 5.69 Å². The first-order valence-electron chi connectivity index (χ1n) is 5.76. The molecule has 19 heavy (non-hydrogen) atoms. The molecule has 2 aromatic rings. The van der Waals surface area contributed by atoms with Gasteiger partial charge in [-0.15, -0.1) is 0 Å². The van der Waals surface area contributed by atoms with Crippen LogP contribution in [-0.2, 0) is 6.42 Å². The third kappa shape index (κ3) is 3.41. The molecule has 0 bridgehead atoms. The molecule has 0 aliphatic rings. The van der Waals surface area contributed by atoms with E-state index in [1.54, 1.807) is 0 Å². The Balaban J connectivity index is 1.87. The van der Waals surface area contributed by atoms with Crippen molar-refractivity contribution in [1.82, 2.24) is 15.3 Å². The van der Waals surface area contributed by atoms with Crippen molar-refractivity contribution in [1.29, 1.82) is 0 Å². The van der Waals surface area contributed by atoms with Crippen molar-refractivity contribution < 1.29 is 14.7 Å². The first-order chi connectivity index (χ1) is 9.16. The highest BCUT2D eigenvalue weighted by Gasteiger charge is 2.08. The Morgan fingerprint density at radius 1 is 1.32 bits per heavy atom. The first-order valence-corrected chi connectivity index (χ1v) is 5.76. The minimum atomic E-state index is -1.06. The van der Waals surface area contributed by atoms with Gasteiger partial charge in [-0.1, -0.05) is 0 Å². The fourth-order valence-electron chi connectivity index (χ4n) is 1.58. The molecular weight excluding hydrogens is 246 g/mol. The molecule has 98 valence electrons. The van der Waals surface area contributed by atoms with E-state index >= 15 is 0 Å². The van der Waals surface area contributed by atoms with Crippen molar-refractivity contribution in [2.24, 2.45) is 0 Å². The van der Waals surface area contributed by atoms with Crippen LogP contribution in [0, 0.1) is 0 Å². The third-order valence-corrected chi connectivity index (χ3v) is 2.59. The van der Waals surface area contributed by atoms with Crippen LogP contribution in [0.3, 0.4) is 0 Å². The zero-order valence-electron chi connectivity index (χ0n) is 10.1. The number of aromatic nitrogens is 2. The van der Waals surface area contributed by atoms with Crippen molar-refractivity contribution in [3.05, 3.63) is 53.6 Å². The Morgan fingerprint density at radius 3 is 2.74 bits per heavy atom. The topological polar surface area (TPSA) is 95.1 Å². The Hall–Kier alpha value is -2.63. The SMILES string of the molecule is O=C(O)c1ccc(C(=O)NCCc2ccc[nH]2)nc1. The van der Waals surface area contributed by atoms with Crippen LogP contribution >= 0.6 is 0 Å². The van der Waals surface area contributed by atoms with E-state index in [1.165, 1.54) is 18.3 Å². The summed E-state index contributed by atoms with van der Waals surface area (Å²) >= 11 is 0. The van der Waals surface area contributed by atoms with Crippen molar-refractivity contribution in [3.8, 4) is 0 Å². The number of carbonyl (C=O) groups excluding carboxylic acids is 1. The number of carboxylic acid groups (broad SMARTS) is 1. The molecule has 6 nitrogen and oxygen atoms in total. The van der Waals surface area contributed by atoms with Crippen LogP contribution in [0.4, 0.5) is 0 Å². The average molecular weight is 259 g/mol. The Morgan fingerprint density at radius 2 is 2.16 bits per heavy atom. The molecule has 0 saturated carbocycles. The number of hydrogen-bond acceptors (Lipinski definition) is 3. The van der Waals surface area contributed by atoms with Crippen LogP contribution < -0.4 is 5.32 Å². The summed E-state index contributed by atoms with van der Waals surface area (Å²) in [5.41, 5.74) is 1.30. The zero-order valence-corrected chi connectivity index (χ0v) is 10.1. The number of nitrogens with one attached hydrogen (secondary N) is 2. The Kier molecular flexibility index (Phi) is 3.92. The van der Waals surface area contributed by atoms with Gasteiger partial charge in [0.25, 0.3) is 5.91 Å². The lowest BCUT2D eigenvalue weighted by molar-refractivity contribution is 0.0695. The van der Waals surface area contributed by atoms with Crippen molar-refractivity contribution in [2.75, 3.05) is 6.54 Å². The molecule has 0 aromatic carbocycles. The number of carbonyl (C=O) groups is 2. The zero-order chi connectivity index (χ0) is 13.7. The van der Waals surface area contributed by atoms with Gasteiger partial charge in [0.15, 0.2) is 0 Å². The predicted octanol–water partition coefficient (Wildman–Crippen LogP) is 1.08. The van der Waals surface area contributed by atoms with Gasteiger partial charge in [0, 0.05) is 31.1 Å². The van der Waals surface area contributed by atoms with Crippen LogP contribution in [0.5, 0.6) is 0 Å². The second-order valence-corrected chi connectivity index (χ2v) is 3.94. The van der Waals surface area contributed by atoms with Gasteiger partial charge >= 0.3 is 5.97 Å². The molecule has 2 rings (SSSR count). The fraction of sp³-hybridized carbons (Fsp3) is 0.154. The largest absolute Gasteiger partial charge is 0.478 e. The number of aromatic amines is 1. The molecule has 0 fully saturated rings. The summed E-state index contributed by atoms with van der Waals surface area (Å²) in [4.78, 5) is 29.2. The van der Waals surface area contributed by atoms with Crippen LogP contribution in [0.2, 0.25) is 0 Å². The van der Waals surface area contributed by atoms with Crippen molar-refractivity contribution in [2.45, 2.75) is 6.42 Å². The molecule has 6 heteroatoms. The minimum Gasteiger partial charge on any atom is -0.478 e. The maximum Gasteiger partial charge on any atom is 0.337 e. The van der Waals surface area contributed by atoms with Gasteiger partial charge in [-0.25, -0.2) is 4.79 Å². The van der Waals surface area contributed by atoms with Gasteiger partial charge in [-0.05, 0) is 24.3 Å². The lowest BCUT2D eigenvalue weighted by Gasteiger charge is -2.04. The average Bonchev–Trinajstić information content (AvgIpc) is 2.92. The summed E-state index contributed by atoms with van der Waals surface area (Å²) in [7, 11) is 0. The second kappa shape index (κ2) is 5.81. The van der Waals surface area contributed by atoms with E-state index in [-0.39, 0.29) is 17.2 Å². The van der Waals surface area contributed by atoms with E-state index in [2.05, 4.69) is 15.3 Å². The molecular formula is C13H13N3O3. The highest BCUT2D eigenvalue weighted by Crippen LogP contribution is 2.00. The van der Waals surface area contributed by atoms with Gasteiger partial charge < -0.3 is 15.4 Å². The van der Waals surface area contributed by atoms with Gasteiger partial charge in [0.05, 0.1) is 5.56 Å². The van der Waals surface area contributed by atoms with Crippen LogP contribution in [0.25, 0.3) is 0 Å². The predicted molar refractivity (Wildman–Crippen MR) is 68.0 cm³/mol. The van der Waals surface area contributed by atoms with E-state index in [1.807, 2.05) is 18.3 Å². The van der Waals surface area contributed by atoms with Gasteiger partial charge in [0.2, 0.25) is 0 Å². The maximum absolute atomic E-state index is 11.7. The van der Waals surface area contributed by atoms with Crippen LogP contribution in [0.1, 0.15) is 26.5 Å². The summed E-state index contributed by atoms with van der Waals surface area (Å²) in [6, 6.07) is 6.58. The standard InChI is InChI=1S/C13H13N3O3/c17-12(15-7-5-10-2-1-6-14-10)11-4-3-9(8-16-11)13(18)19/h1-4,6,8,14H,5,7H2,(H,15,17)(H,18,19). The Labute approximate surface area is 109 Å². The molecule has 0 aliphatic carbocycles. The number of carboxylic acids is 1. The van der Waals surface area contributed by atoms with E-state index < -0.39 is 5.97 Å². The van der Waals surface area contributed by atoms with Crippen molar-refractivity contribution in [3.63, 3.8) is 0 Å². The highest BCUT2D eigenvalue weighted by molar-refractivity contribution is 5.93. The molecule has 2 aromatic heterocycles. The van der Waals surface area contributed by atoms with Crippen LogP contribution in [0.15, 0.2) is 36.7 Å². The monoisotopic (exact) mass is 259 g/mol. The first kappa shape index (κ1) is 12.8. The molecule has 3 N–H and O–H groups in total. The normalized spacial score (nSPS) is 10.1.